The Morgan fingerprint density at radius 2 is 2.21 bits per heavy atom. The number of fused-ring (bicyclic) bond motifs is 1. The molecule has 3 heterocycles. The predicted octanol–water partition coefficient (Wildman–Crippen LogP) is 0.875. The van der Waals surface area contributed by atoms with E-state index in [-0.39, 0.29) is 18.6 Å². The third-order valence-electron chi connectivity index (χ3n) is 4.73. The highest BCUT2D eigenvalue weighted by atomic mass is 16.5. The maximum absolute atomic E-state index is 12.2. The first-order chi connectivity index (χ1) is 11.7. The van der Waals surface area contributed by atoms with Gasteiger partial charge in [0.15, 0.2) is 5.82 Å². The van der Waals surface area contributed by atoms with E-state index in [0.29, 0.717) is 25.7 Å². The van der Waals surface area contributed by atoms with Gasteiger partial charge in [0.05, 0.1) is 18.4 Å². The Bertz CT molecular complexity index is 551. The molecule has 7 heteroatoms. The van der Waals surface area contributed by atoms with Gasteiger partial charge in [-0.05, 0) is 32.4 Å². The molecule has 0 bridgehead atoms. The van der Waals surface area contributed by atoms with Gasteiger partial charge in [-0.1, -0.05) is 0 Å². The molecule has 1 aromatic rings. The van der Waals surface area contributed by atoms with Gasteiger partial charge >= 0.3 is 0 Å². The molecule has 2 fully saturated rings. The molecule has 132 valence electrons. The van der Waals surface area contributed by atoms with Crippen LogP contribution in [0, 0.1) is 12.8 Å². The summed E-state index contributed by atoms with van der Waals surface area (Å²) < 4.78 is 11.3. The first kappa shape index (κ1) is 17.1. The van der Waals surface area contributed by atoms with Crippen LogP contribution in [0.15, 0.2) is 12.1 Å². The van der Waals surface area contributed by atoms with Crippen molar-refractivity contribution in [1.29, 1.82) is 0 Å². The number of carbonyl (C=O) groups excluding carboxylic acids is 1. The van der Waals surface area contributed by atoms with Crippen molar-refractivity contribution in [3.8, 4) is 0 Å². The van der Waals surface area contributed by atoms with Crippen LogP contribution in [-0.2, 0) is 14.3 Å². The summed E-state index contributed by atoms with van der Waals surface area (Å²) in [6.45, 7) is 8.34. The number of anilines is 1. The van der Waals surface area contributed by atoms with E-state index in [2.05, 4.69) is 15.1 Å². The monoisotopic (exact) mass is 334 g/mol. The van der Waals surface area contributed by atoms with Crippen LogP contribution in [0.3, 0.4) is 0 Å². The zero-order valence-electron chi connectivity index (χ0n) is 14.5. The van der Waals surface area contributed by atoms with Gasteiger partial charge in [0.2, 0.25) is 5.91 Å². The molecule has 1 aromatic heterocycles. The van der Waals surface area contributed by atoms with E-state index in [9.17, 15) is 4.79 Å². The van der Waals surface area contributed by atoms with Gasteiger partial charge < -0.3 is 19.3 Å². The minimum Gasteiger partial charge on any atom is -0.374 e. The number of hydrogen-bond donors (Lipinski definition) is 0. The van der Waals surface area contributed by atoms with Crippen LogP contribution < -0.4 is 4.90 Å². The SMILES string of the molecule is CCOCC(=O)N1CC[C@@H]2CN(c3ccc(C)nn3)CCO[C@H]2C1. The van der Waals surface area contributed by atoms with Crippen LogP contribution >= 0.6 is 0 Å². The Morgan fingerprint density at radius 1 is 1.33 bits per heavy atom. The number of likely N-dealkylation sites (tertiary alicyclic amines) is 1. The van der Waals surface area contributed by atoms with Crippen LogP contribution in [-0.4, -0.2) is 73.1 Å². The zero-order chi connectivity index (χ0) is 16.9. The van der Waals surface area contributed by atoms with Crippen molar-refractivity contribution in [3.63, 3.8) is 0 Å². The lowest BCUT2D eigenvalue weighted by molar-refractivity contribution is -0.141. The number of piperidine rings is 1. The summed E-state index contributed by atoms with van der Waals surface area (Å²) in [6, 6.07) is 4.00. The fourth-order valence-corrected chi connectivity index (χ4v) is 3.33. The molecule has 0 N–H and O–H groups in total. The van der Waals surface area contributed by atoms with E-state index < -0.39 is 0 Å². The lowest BCUT2D eigenvalue weighted by Crippen LogP contribution is -2.50. The maximum Gasteiger partial charge on any atom is 0.248 e. The zero-order valence-corrected chi connectivity index (χ0v) is 14.5. The van der Waals surface area contributed by atoms with Crippen LogP contribution in [0.1, 0.15) is 19.0 Å². The van der Waals surface area contributed by atoms with Crippen LogP contribution in [0.5, 0.6) is 0 Å². The summed E-state index contributed by atoms with van der Waals surface area (Å²) in [4.78, 5) is 16.3. The quantitative estimate of drug-likeness (QED) is 0.814. The van der Waals surface area contributed by atoms with Gasteiger partial charge in [-0.3, -0.25) is 4.79 Å². The summed E-state index contributed by atoms with van der Waals surface area (Å²) in [5.74, 6) is 1.37. The Balaban J connectivity index is 1.61. The minimum atomic E-state index is 0.0596. The van der Waals surface area contributed by atoms with Crippen molar-refractivity contribution in [3.05, 3.63) is 17.8 Å². The molecule has 24 heavy (non-hydrogen) atoms. The highest BCUT2D eigenvalue weighted by Gasteiger charge is 2.35. The second kappa shape index (κ2) is 7.90. The van der Waals surface area contributed by atoms with Gasteiger partial charge in [0.1, 0.15) is 6.61 Å². The topological polar surface area (TPSA) is 67.8 Å². The van der Waals surface area contributed by atoms with E-state index in [1.54, 1.807) is 0 Å². The number of aryl methyl sites for hydroxylation is 1. The van der Waals surface area contributed by atoms with Crippen molar-refractivity contribution in [1.82, 2.24) is 15.1 Å². The molecule has 2 aliphatic heterocycles. The van der Waals surface area contributed by atoms with Crippen molar-refractivity contribution < 1.29 is 14.3 Å². The van der Waals surface area contributed by atoms with Crippen molar-refractivity contribution in [2.45, 2.75) is 26.4 Å². The average Bonchev–Trinajstić information content (AvgIpc) is 2.82. The van der Waals surface area contributed by atoms with Gasteiger partial charge in [-0.15, -0.1) is 5.10 Å². The Kier molecular flexibility index (Phi) is 5.63. The first-order valence-corrected chi connectivity index (χ1v) is 8.69. The number of nitrogens with zero attached hydrogens (tertiary/aromatic N) is 4. The normalized spacial score (nSPS) is 24.4. The molecule has 2 saturated heterocycles. The smallest absolute Gasteiger partial charge is 0.248 e. The molecule has 1 amide bonds. The molecule has 7 nitrogen and oxygen atoms in total. The van der Waals surface area contributed by atoms with E-state index in [4.69, 9.17) is 9.47 Å². The summed E-state index contributed by atoms with van der Waals surface area (Å²) in [5, 5.41) is 8.45. The van der Waals surface area contributed by atoms with E-state index in [1.807, 2.05) is 30.9 Å². The lowest BCUT2D eigenvalue weighted by atomic mass is 9.93. The number of ether oxygens (including phenoxy) is 2. The molecule has 2 aliphatic rings. The fourth-order valence-electron chi connectivity index (χ4n) is 3.33. The van der Waals surface area contributed by atoms with Crippen molar-refractivity contribution in [2.75, 3.05) is 50.9 Å². The van der Waals surface area contributed by atoms with Gasteiger partial charge in [-0.25, -0.2) is 0 Å². The molecule has 0 aromatic carbocycles. The molecule has 0 radical (unpaired) electrons. The van der Waals surface area contributed by atoms with Crippen LogP contribution in [0.25, 0.3) is 0 Å². The van der Waals surface area contributed by atoms with Gasteiger partial charge in [-0.2, -0.15) is 5.10 Å². The van der Waals surface area contributed by atoms with E-state index in [0.717, 1.165) is 37.6 Å². The predicted molar refractivity (Wildman–Crippen MR) is 89.9 cm³/mol. The second-order valence-corrected chi connectivity index (χ2v) is 6.41. The van der Waals surface area contributed by atoms with E-state index >= 15 is 0 Å². The number of aromatic nitrogens is 2. The third kappa shape index (κ3) is 4.02. The standard InChI is InChI=1S/C17H26N4O3/c1-3-23-12-17(22)21-7-6-14-10-20(8-9-24-15(14)11-21)16-5-4-13(2)18-19-16/h4-5,14-15H,3,6-12H2,1-2H3/t14-,15+/m1/s1. The second-order valence-electron chi connectivity index (χ2n) is 6.41. The first-order valence-electron chi connectivity index (χ1n) is 8.69. The maximum atomic E-state index is 12.2. The van der Waals surface area contributed by atoms with E-state index in [1.165, 1.54) is 0 Å². The minimum absolute atomic E-state index is 0.0596. The number of amides is 1. The Hall–Kier alpha value is -1.73. The van der Waals surface area contributed by atoms with Crippen molar-refractivity contribution in [2.24, 2.45) is 5.92 Å². The number of carbonyl (C=O) groups is 1. The Morgan fingerprint density at radius 3 is 2.96 bits per heavy atom. The number of rotatable bonds is 4. The van der Waals surface area contributed by atoms with Gasteiger partial charge in [0.25, 0.3) is 0 Å². The third-order valence-corrected chi connectivity index (χ3v) is 4.73. The highest BCUT2D eigenvalue weighted by molar-refractivity contribution is 5.77. The fraction of sp³-hybridized carbons (Fsp3) is 0.706. The molecule has 3 rings (SSSR count). The highest BCUT2D eigenvalue weighted by Crippen LogP contribution is 2.26. The molecule has 0 unspecified atom stereocenters. The Labute approximate surface area is 142 Å². The van der Waals surface area contributed by atoms with Gasteiger partial charge in [0, 0.05) is 38.7 Å². The molecule has 0 saturated carbocycles. The van der Waals surface area contributed by atoms with Crippen LogP contribution in [0.2, 0.25) is 0 Å². The summed E-state index contributed by atoms with van der Waals surface area (Å²) in [5.41, 5.74) is 0.920. The van der Waals surface area contributed by atoms with Crippen LogP contribution in [0.4, 0.5) is 5.82 Å². The summed E-state index contributed by atoms with van der Waals surface area (Å²) in [7, 11) is 0. The molecular weight excluding hydrogens is 308 g/mol. The largest absolute Gasteiger partial charge is 0.374 e. The summed E-state index contributed by atoms with van der Waals surface area (Å²) in [6.07, 6.45) is 1.03. The number of hydrogen-bond acceptors (Lipinski definition) is 6. The molecular formula is C17H26N4O3. The average molecular weight is 334 g/mol. The molecule has 0 aliphatic carbocycles. The van der Waals surface area contributed by atoms with Crippen molar-refractivity contribution >= 4 is 11.7 Å². The summed E-state index contributed by atoms with van der Waals surface area (Å²) >= 11 is 0. The molecule has 0 spiro atoms. The molecule has 2 atom stereocenters. The lowest BCUT2D eigenvalue weighted by Gasteiger charge is -2.38.